The lowest BCUT2D eigenvalue weighted by molar-refractivity contribution is -0.137. The maximum atomic E-state index is 11.7. The van der Waals surface area contributed by atoms with Gasteiger partial charge in [0.15, 0.2) is 0 Å². The van der Waals surface area contributed by atoms with Crippen LogP contribution in [0.15, 0.2) is 171 Å². The summed E-state index contributed by atoms with van der Waals surface area (Å²) >= 11 is 12.7. The summed E-state index contributed by atoms with van der Waals surface area (Å²) in [7, 11) is 0. The molecule has 0 aliphatic rings. The molecule has 6 aromatic carbocycles. The lowest BCUT2D eigenvalue weighted by Crippen LogP contribution is -2.16. The Morgan fingerprint density at radius 3 is 1.40 bits per heavy atom. The minimum absolute atomic E-state index is 0.357. The molecule has 58 heavy (non-hydrogen) atoms. The quantitative estimate of drug-likeness (QED) is 0.0349. The second kappa shape index (κ2) is 20.9. The van der Waals surface area contributed by atoms with E-state index in [4.69, 9.17) is 37.4 Å². The van der Waals surface area contributed by atoms with Crippen molar-refractivity contribution >= 4 is 57.9 Å². The molecule has 0 aliphatic heterocycles. The van der Waals surface area contributed by atoms with Crippen molar-refractivity contribution in [3.8, 4) is 5.75 Å². The van der Waals surface area contributed by atoms with Gasteiger partial charge in [-0.15, -0.1) is 0 Å². The third-order valence-electron chi connectivity index (χ3n) is 9.30. The number of carbonyl (C=O) groups is 2. The van der Waals surface area contributed by atoms with Crippen LogP contribution in [0.5, 0.6) is 5.75 Å². The molecular formula is C49H44Cl2N2O5. The zero-order valence-corrected chi connectivity index (χ0v) is 33.6. The predicted octanol–water partition coefficient (Wildman–Crippen LogP) is 12.1. The Labute approximate surface area is 350 Å². The summed E-state index contributed by atoms with van der Waals surface area (Å²) in [5.41, 5.74) is 9.41. The topological polar surface area (TPSA) is 68.3 Å². The van der Waals surface area contributed by atoms with Crippen LogP contribution in [-0.4, -0.2) is 18.5 Å². The van der Waals surface area contributed by atoms with Gasteiger partial charge < -0.3 is 24.0 Å². The smallest absolute Gasteiger partial charge is 0.335 e. The summed E-state index contributed by atoms with van der Waals surface area (Å²) in [6.45, 7) is 9.38. The van der Waals surface area contributed by atoms with E-state index in [0.717, 1.165) is 69.5 Å². The molecule has 6 aromatic rings. The van der Waals surface area contributed by atoms with Gasteiger partial charge in [0.05, 0.1) is 19.8 Å². The molecule has 0 heterocycles. The molecule has 0 radical (unpaired) electrons. The molecule has 0 amide bonds. The van der Waals surface area contributed by atoms with Crippen molar-refractivity contribution in [2.45, 2.75) is 39.1 Å². The summed E-state index contributed by atoms with van der Waals surface area (Å²) in [6.07, 6.45) is 3.85. The molecule has 6 rings (SSSR count). The van der Waals surface area contributed by atoms with E-state index in [0.29, 0.717) is 48.7 Å². The van der Waals surface area contributed by atoms with Gasteiger partial charge in [0, 0.05) is 58.0 Å². The number of hydrogen-bond donors (Lipinski definition) is 0. The van der Waals surface area contributed by atoms with Crippen LogP contribution < -0.4 is 14.5 Å². The molecule has 0 N–H and O–H groups in total. The largest absolute Gasteiger partial charge is 0.463 e. The predicted molar refractivity (Wildman–Crippen MR) is 234 cm³/mol. The van der Waals surface area contributed by atoms with Gasteiger partial charge in [0.2, 0.25) is 0 Å². The minimum atomic E-state index is -0.507. The molecule has 0 aliphatic carbocycles. The maximum Gasteiger partial charge on any atom is 0.335 e. The van der Waals surface area contributed by atoms with E-state index in [1.807, 2.05) is 54.6 Å². The number of rotatable bonds is 19. The van der Waals surface area contributed by atoms with Gasteiger partial charge in [0.1, 0.15) is 5.75 Å². The first-order chi connectivity index (χ1) is 28.3. The van der Waals surface area contributed by atoms with Gasteiger partial charge in [-0.3, -0.25) is 0 Å². The van der Waals surface area contributed by atoms with E-state index in [1.165, 1.54) is 6.08 Å². The number of anilines is 4. The average molecular weight is 812 g/mol. The van der Waals surface area contributed by atoms with Crippen molar-refractivity contribution in [1.82, 2.24) is 0 Å². The molecule has 0 spiro atoms. The lowest BCUT2D eigenvalue weighted by Gasteiger charge is -2.26. The van der Waals surface area contributed by atoms with Crippen LogP contribution in [0.2, 0.25) is 10.0 Å². The van der Waals surface area contributed by atoms with Crippen molar-refractivity contribution < 1.29 is 23.8 Å². The molecule has 0 unspecified atom stereocenters. The Kier molecular flexibility index (Phi) is 14.9. The van der Waals surface area contributed by atoms with Crippen molar-refractivity contribution in [2.75, 3.05) is 16.4 Å². The number of carbonyl (C=O) groups excluding carboxylic acids is 2. The van der Waals surface area contributed by atoms with E-state index < -0.39 is 11.9 Å². The highest BCUT2D eigenvalue weighted by atomic mass is 35.5. The van der Waals surface area contributed by atoms with E-state index >= 15 is 0 Å². The highest BCUT2D eigenvalue weighted by Gasteiger charge is 2.14. The summed E-state index contributed by atoms with van der Waals surface area (Å²) < 4.78 is 16.6. The van der Waals surface area contributed by atoms with Crippen LogP contribution in [0.4, 0.5) is 22.7 Å². The first kappa shape index (κ1) is 41.5. The second-order valence-corrected chi connectivity index (χ2v) is 14.4. The third kappa shape index (κ3) is 12.2. The van der Waals surface area contributed by atoms with Crippen LogP contribution in [0.3, 0.4) is 0 Å². The van der Waals surface area contributed by atoms with E-state index in [2.05, 4.69) is 102 Å². The standard InChI is InChI=1S/C49H44Cl2N2O5/c1-3-48(54)57-29-7-10-36-13-19-43(20-14-36)52(32-39-8-5-11-41(50)30-39)44-21-15-37(16-22-44)34-56-35-38-17-23-45(24-18-38)53(33-40-9-6-12-42(51)31-40)46-25-27-47(28-26-46)58-49(55)4-2/h3-6,8-9,11-28,30-31H,1-2,7,10,29,32-35H2. The molecule has 0 atom stereocenters. The summed E-state index contributed by atoms with van der Waals surface area (Å²) in [5, 5.41) is 1.37. The minimum Gasteiger partial charge on any atom is -0.463 e. The van der Waals surface area contributed by atoms with E-state index in [9.17, 15) is 9.59 Å². The molecule has 0 aromatic heterocycles. The zero-order chi connectivity index (χ0) is 40.7. The SMILES string of the molecule is C=CC(=O)OCCCc1ccc(N(Cc2cccc(Cl)c2)c2ccc(COCc3ccc(N(Cc4cccc(Cl)c4)c4ccc(OC(=O)C=C)cc4)cc3)cc2)cc1. The van der Waals surface area contributed by atoms with Crippen molar-refractivity contribution in [1.29, 1.82) is 0 Å². The Balaban J connectivity index is 1.10. The van der Waals surface area contributed by atoms with E-state index in [1.54, 1.807) is 12.1 Å². The molecule has 0 saturated heterocycles. The fourth-order valence-electron chi connectivity index (χ4n) is 6.33. The highest BCUT2D eigenvalue weighted by Crippen LogP contribution is 2.32. The summed E-state index contributed by atoms with van der Waals surface area (Å²) in [6, 6.07) is 48.3. The Hall–Kier alpha value is -6.12. The molecule has 9 heteroatoms. The first-order valence-corrected chi connectivity index (χ1v) is 19.6. The fourth-order valence-corrected chi connectivity index (χ4v) is 6.76. The molecular weight excluding hydrogens is 767 g/mol. The summed E-state index contributed by atoms with van der Waals surface area (Å²) in [4.78, 5) is 27.5. The Morgan fingerprint density at radius 2 is 0.966 bits per heavy atom. The molecule has 294 valence electrons. The van der Waals surface area contributed by atoms with Crippen molar-refractivity contribution in [3.63, 3.8) is 0 Å². The van der Waals surface area contributed by atoms with Crippen molar-refractivity contribution in [2.24, 2.45) is 0 Å². The maximum absolute atomic E-state index is 11.7. The van der Waals surface area contributed by atoms with Crippen molar-refractivity contribution in [3.05, 3.63) is 209 Å². The van der Waals surface area contributed by atoms with Crippen LogP contribution in [0.1, 0.15) is 34.2 Å². The van der Waals surface area contributed by atoms with Crippen LogP contribution >= 0.6 is 23.2 Å². The van der Waals surface area contributed by atoms with Gasteiger partial charge in [-0.1, -0.05) is 97.0 Å². The van der Waals surface area contributed by atoms with Gasteiger partial charge >= 0.3 is 11.9 Å². The number of ether oxygens (including phenoxy) is 3. The average Bonchev–Trinajstić information content (AvgIpc) is 3.24. The number of hydrogen-bond acceptors (Lipinski definition) is 7. The second-order valence-electron chi connectivity index (χ2n) is 13.5. The van der Waals surface area contributed by atoms with Crippen LogP contribution in [0, 0.1) is 0 Å². The van der Waals surface area contributed by atoms with Gasteiger partial charge in [-0.05, 0) is 126 Å². The van der Waals surface area contributed by atoms with Gasteiger partial charge in [-0.25, -0.2) is 9.59 Å². The monoisotopic (exact) mass is 810 g/mol. The number of esters is 2. The molecule has 0 fully saturated rings. The zero-order valence-electron chi connectivity index (χ0n) is 32.1. The number of aryl methyl sites for hydroxylation is 1. The number of halogens is 2. The Morgan fingerprint density at radius 1 is 0.534 bits per heavy atom. The van der Waals surface area contributed by atoms with Gasteiger partial charge in [0.25, 0.3) is 0 Å². The molecule has 0 saturated carbocycles. The molecule has 7 nitrogen and oxygen atoms in total. The van der Waals surface area contributed by atoms with Gasteiger partial charge in [-0.2, -0.15) is 0 Å². The van der Waals surface area contributed by atoms with Crippen LogP contribution in [-0.2, 0) is 51.8 Å². The Bertz CT molecular complexity index is 2290. The fraction of sp³-hybridized carbons (Fsp3) is 0.143. The highest BCUT2D eigenvalue weighted by molar-refractivity contribution is 6.30. The van der Waals surface area contributed by atoms with E-state index in [-0.39, 0.29) is 0 Å². The normalized spacial score (nSPS) is 10.7. The molecule has 0 bridgehead atoms. The number of nitrogens with zero attached hydrogens (tertiary/aromatic N) is 2. The number of benzene rings is 6. The van der Waals surface area contributed by atoms with Crippen LogP contribution in [0.25, 0.3) is 0 Å². The lowest BCUT2D eigenvalue weighted by atomic mass is 10.1. The first-order valence-electron chi connectivity index (χ1n) is 18.9. The third-order valence-corrected chi connectivity index (χ3v) is 9.77. The summed E-state index contributed by atoms with van der Waals surface area (Å²) in [5.74, 6) is -0.465.